The molecule has 2 aromatic carbocycles. The number of rotatable bonds is 6. The molecule has 0 N–H and O–H groups in total. The number of hydrogen-bond acceptors (Lipinski definition) is 2. The highest BCUT2D eigenvalue weighted by molar-refractivity contribution is 5.95. The maximum atomic E-state index is 13.0. The molecule has 2 bridgehead atoms. The highest BCUT2D eigenvalue weighted by Gasteiger charge is 2.40. The Balaban J connectivity index is 0.00000210. The fourth-order valence-corrected chi connectivity index (χ4v) is 4.84. The number of Topliss-reactive ketones (excluding diaryl/α,β-unsaturated/α-hetero) is 1. The van der Waals surface area contributed by atoms with E-state index in [1.807, 2.05) is 0 Å². The highest BCUT2D eigenvalue weighted by atomic mass is 35.5. The van der Waals surface area contributed by atoms with E-state index < -0.39 is 0 Å². The van der Waals surface area contributed by atoms with Crippen molar-refractivity contribution in [1.29, 1.82) is 0 Å². The number of ketones is 1. The van der Waals surface area contributed by atoms with Crippen molar-refractivity contribution in [3.63, 3.8) is 0 Å². The highest BCUT2D eigenvalue weighted by Crippen LogP contribution is 2.43. The van der Waals surface area contributed by atoms with Gasteiger partial charge in [0, 0.05) is 24.1 Å². The van der Waals surface area contributed by atoms with Gasteiger partial charge in [0.15, 0.2) is 5.78 Å². The van der Waals surface area contributed by atoms with Gasteiger partial charge in [0.25, 0.3) is 0 Å². The summed E-state index contributed by atoms with van der Waals surface area (Å²) in [6.07, 6.45) is 6.50. The topological polar surface area (TPSA) is 20.3 Å². The zero-order valence-corrected chi connectivity index (χ0v) is 16.2. The van der Waals surface area contributed by atoms with Crippen LogP contribution < -0.4 is 12.4 Å². The van der Waals surface area contributed by atoms with E-state index in [-0.39, 0.29) is 24.0 Å². The number of carbonyl (C=O) groups is 1. The van der Waals surface area contributed by atoms with Gasteiger partial charge in [-0.25, -0.2) is 4.39 Å². The molecule has 0 amide bonds. The van der Waals surface area contributed by atoms with Gasteiger partial charge >= 0.3 is 0 Å². The molecule has 2 unspecified atom stereocenters. The molecule has 2 aliphatic rings. The monoisotopic (exact) mass is 386 g/mol. The molecule has 2 saturated heterocycles. The summed E-state index contributed by atoms with van der Waals surface area (Å²) in [5.41, 5.74) is 2.10. The van der Waals surface area contributed by atoms with Crippen molar-refractivity contribution in [1.82, 2.24) is 4.90 Å². The van der Waals surface area contributed by atoms with Gasteiger partial charge in [0.05, 0.1) is 0 Å². The lowest BCUT2D eigenvalue weighted by Gasteiger charge is -2.39. The maximum Gasteiger partial charge on any atom is 0.162 e. The third kappa shape index (κ3) is 4.59. The van der Waals surface area contributed by atoms with Gasteiger partial charge in [-0.2, -0.15) is 0 Å². The predicted octanol–water partition coefficient (Wildman–Crippen LogP) is 2.20. The van der Waals surface area contributed by atoms with Crippen molar-refractivity contribution in [3.05, 3.63) is 71.5 Å². The van der Waals surface area contributed by atoms with Crippen LogP contribution >= 0.6 is 0 Å². The lowest BCUT2D eigenvalue weighted by molar-refractivity contribution is -0.0000139. The molecular weight excluding hydrogens is 361 g/mol. The molecule has 4 heteroatoms. The van der Waals surface area contributed by atoms with Gasteiger partial charge in [0.1, 0.15) is 5.82 Å². The number of benzene rings is 2. The molecule has 0 aromatic heterocycles. The zero-order valence-electron chi connectivity index (χ0n) is 15.5. The fourth-order valence-electron chi connectivity index (χ4n) is 4.84. The van der Waals surface area contributed by atoms with E-state index in [0.717, 1.165) is 13.0 Å². The molecule has 2 fully saturated rings. The number of nitrogens with zero attached hydrogens (tertiary/aromatic N) is 1. The summed E-state index contributed by atoms with van der Waals surface area (Å²) in [5, 5.41) is 0. The van der Waals surface area contributed by atoms with Crippen molar-refractivity contribution < 1.29 is 21.6 Å². The fraction of sp³-hybridized carbons (Fsp3) is 0.435. The van der Waals surface area contributed by atoms with Crippen LogP contribution in [0.4, 0.5) is 4.39 Å². The predicted molar refractivity (Wildman–Crippen MR) is 102 cm³/mol. The SMILES string of the molecule is O=C(CCCN1C2CCC1CC(c1ccccc1)C2)c1ccc(F)cc1.[Cl-]. The summed E-state index contributed by atoms with van der Waals surface area (Å²) in [7, 11) is 0. The van der Waals surface area contributed by atoms with Crippen LogP contribution in [0.1, 0.15) is 60.4 Å². The van der Waals surface area contributed by atoms with Crippen molar-refractivity contribution >= 4 is 5.78 Å². The van der Waals surface area contributed by atoms with E-state index in [4.69, 9.17) is 0 Å². The lowest BCUT2D eigenvalue weighted by atomic mass is 9.85. The molecule has 144 valence electrons. The van der Waals surface area contributed by atoms with Gasteiger partial charge < -0.3 is 12.4 Å². The zero-order chi connectivity index (χ0) is 17.9. The number of hydrogen-bond donors (Lipinski definition) is 0. The Morgan fingerprint density at radius 3 is 2.22 bits per heavy atom. The Bertz CT molecular complexity index is 735. The Kier molecular flexibility index (Phi) is 6.67. The number of carbonyl (C=O) groups excluding carboxylic acids is 1. The third-order valence-corrected chi connectivity index (χ3v) is 6.14. The molecule has 0 radical (unpaired) electrons. The van der Waals surface area contributed by atoms with E-state index in [1.165, 1.54) is 43.4 Å². The Labute approximate surface area is 167 Å². The molecule has 0 saturated carbocycles. The smallest absolute Gasteiger partial charge is 0.162 e. The number of fused-ring (bicyclic) bond motifs is 2. The first-order chi connectivity index (χ1) is 12.7. The summed E-state index contributed by atoms with van der Waals surface area (Å²) >= 11 is 0. The second kappa shape index (κ2) is 8.99. The average molecular weight is 387 g/mol. The molecule has 2 aliphatic heterocycles. The first-order valence-electron chi connectivity index (χ1n) is 9.80. The van der Waals surface area contributed by atoms with Crippen molar-refractivity contribution in [2.75, 3.05) is 6.54 Å². The van der Waals surface area contributed by atoms with Crippen molar-refractivity contribution in [3.8, 4) is 0 Å². The first kappa shape index (κ1) is 20.0. The van der Waals surface area contributed by atoms with Crippen LogP contribution in [0.2, 0.25) is 0 Å². The summed E-state index contributed by atoms with van der Waals surface area (Å²) in [5.74, 6) is 0.515. The van der Waals surface area contributed by atoms with E-state index in [0.29, 0.717) is 30.0 Å². The molecular formula is C23H26ClFNO-. The Morgan fingerprint density at radius 2 is 1.59 bits per heavy atom. The molecule has 27 heavy (non-hydrogen) atoms. The van der Waals surface area contributed by atoms with E-state index >= 15 is 0 Å². The van der Waals surface area contributed by atoms with Gasteiger partial charge in [-0.05, 0) is 74.4 Å². The van der Waals surface area contributed by atoms with Crippen LogP contribution in [-0.4, -0.2) is 29.3 Å². The van der Waals surface area contributed by atoms with E-state index in [2.05, 4.69) is 35.2 Å². The van der Waals surface area contributed by atoms with E-state index in [9.17, 15) is 9.18 Å². The molecule has 2 heterocycles. The first-order valence-corrected chi connectivity index (χ1v) is 9.80. The van der Waals surface area contributed by atoms with Crippen LogP contribution in [0, 0.1) is 5.82 Å². The number of piperidine rings is 1. The Hall–Kier alpha value is -1.71. The molecule has 0 spiro atoms. The van der Waals surface area contributed by atoms with Crippen LogP contribution in [0.15, 0.2) is 54.6 Å². The van der Waals surface area contributed by atoms with Gasteiger partial charge in [-0.1, -0.05) is 30.3 Å². The van der Waals surface area contributed by atoms with Gasteiger partial charge in [-0.15, -0.1) is 0 Å². The summed E-state index contributed by atoms with van der Waals surface area (Å²) in [4.78, 5) is 14.9. The van der Waals surface area contributed by atoms with Crippen molar-refractivity contribution in [2.45, 2.75) is 56.5 Å². The third-order valence-electron chi connectivity index (χ3n) is 6.14. The molecule has 0 aliphatic carbocycles. The summed E-state index contributed by atoms with van der Waals surface area (Å²) < 4.78 is 13.0. The standard InChI is InChI=1S/C23H26FNO.ClH/c24-20-10-8-18(9-11-20)23(26)7-4-14-25-21-12-13-22(25)16-19(15-21)17-5-2-1-3-6-17;/h1-3,5-6,8-11,19,21-22H,4,7,12-16H2;1H/p-1. The summed E-state index contributed by atoms with van der Waals surface area (Å²) in [6, 6.07) is 18.1. The van der Waals surface area contributed by atoms with Gasteiger partial charge in [-0.3, -0.25) is 9.69 Å². The minimum atomic E-state index is -0.292. The average Bonchev–Trinajstić information content (AvgIpc) is 2.90. The molecule has 2 atom stereocenters. The minimum Gasteiger partial charge on any atom is -1.00 e. The van der Waals surface area contributed by atoms with Crippen molar-refractivity contribution in [2.24, 2.45) is 0 Å². The van der Waals surface area contributed by atoms with Crippen LogP contribution in [0.5, 0.6) is 0 Å². The lowest BCUT2D eigenvalue weighted by Crippen LogP contribution is -3.00. The number of halogens is 2. The second-order valence-corrected chi connectivity index (χ2v) is 7.74. The largest absolute Gasteiger partial charge is 1.00 e. The van der Waals surface area contributed by atoms with E-state index in [1.54, 1.807) is 12.1 Å². The van der Waals surface area contributed by atoms with Crippen LogP contribution in [0.25, 0.3) is 0 Å². The maximum absolute atomic E-state index is 13.0. The minimum absolute atomic E-state index is 0. The second-order valence-electron chi connectivity index (χ2n) is 7.74. The molecule has 4 rings (SSSR count). The van der Waals surface area contributed by atoms with Crippen LogP contribution in [-0.2, 0) is 0 Å². The van der Waals surface area contributed by atoms with Gasteiger partial charge in [0.2, 0.25) is 0 Å². The van der Waals surface area contributed by atoms with Crippen LogP contribution in [0.3, 0.4) is 0 Å². The normalized spacial score (nSPS) is 24.4. The Morgan fingerprint density at radius 1 is 0.963 bits per heavy atom. The molecule has 2 aromatic rings. The molecule has 2 nitrogen and oxygen atoms in total. The summed E-state index contributed by atoms with van der Waals surface area (Å²) in [6.45, 7) is 1.00. The quantitative estimate of drug-likeness (QED) is 0.709.